The SMILES string of the molecule is Cc1nccc(-c2nc(N)c3ccsc3n2)n1. The third kappa shape index (κ3) is 1.72. The Morgan fingerprint density at radius 1 is 1.18 bits per heavy atom. The van der Waals surface area contributed by atoms with Crippen molar-refractivity contribution in [3.63, 3.8) is 0 Å². The molecule has 0 bridgehead atoms. The van der Waals surface area contributed by atoms with Gasteiger partial charge in [-0.25, -0.2) is 19.9 Å². The normalized spacial score (nSPS) is 10.9. The summed E-state index contributed by atoms with van der Waals surface area (Å²) in [6.45, 7) is 1.83. The molecule has 0 aromatic carbocycles. The maximum absolute atomic E-state index is 5.89. The molecule has 0 atom stereocenters. The Hall–Kier alpha value is -2.08. The Bertz CT molecular complexity index is 691. The summed E-state index contributed by atoms with van der Waals surface area (Å²) in [5, 5.41) is 2.84. The van der Waals surface area contributed by atoms with Gasteiger partial charge in [0.1, 0.15) is 22.2 Å². The number of hydrogen-bond donors (Lipinski definition) is 1. The Balaban J connectivity index is 2.23. The Morgan fingerprint density at radius 2 is 2.06 bits per heavy atom. The highest BCUT2D eigenvalue weighted by molar-refractivity contribution is 7.16. The molecule has 0 aliphatic heterocycles. The molecular weight excluding hydrogens is 234 g/mol. The van der Waals surface area contributed by atoms with Crippen LogP contribution in [0.1, 0.15) is 5.82 Å². The van der Waals surface area contributed by atoms with Gasteiger partial charge in [-0.15, -0.1) is 11.3 Å². The number of aromatic nitrogens is 4. The van der Waals surface area contributed by atoms with Gasteiger partial charge in [-0.1, -0.05) is 0 Å². The summed E-state index contributed by atoms with van der Waals surface area (Å²) in [6.07, 6.45) is 1.69. The lowest BCUT2D eigenvalue weighted by Crippen LogP contribution is -1.98. The number of fused-ring (bicyclic) bond motifs is 1. The van der Waals surface area contributed by atoms with E-state index in [-0.39, 0.29) is 0 Å². The van der Waals surface area contributed by atoms with E-state index >= 15 is 0 Å². The van der Waals surface area contributed by atoms with E-state index in [4.69, 9.17) is 5.73 Å². The summed E-state index contributed by atoms with van der Waals surface area (Å²) in [4.78, 5) is 17.9. The Morgan fingerprint density at radius 3 is 2.88 bits per heavy atom. The highest BCUT2D eigenvalue weighted by atomic mass is 32.1. The smallest absolute Gasteiger partial charge is 0.181 e. The van der Waals surface area contributed by atoms with Crippen LogP contribution in [0.5, 0.6) is 0 Å². The van der Waals surface area contributed by atoms with Crippen LogP contribution in [0.3, 0.4) is 0 Å². The molecule has 0 saturated heterocycles. The summed E-state index contributed by atoms with van der Waals surface area (Å²) in [6, 6.07) is 3.70. The van der Waals surface area contributed by atoms with Gasteiger partial charge in [-0.2, -0.15) is 0 Å². The monoisotopic (exact) mass is 243 g/mol. The molecule has 0 unspecified atom stereocenters. The highest BCUT2D eigenvalue weighted by Gasteiger charge is 2.09. The largest absolute Gasteiger partial charge is 0.383 e. The first-order valence-corrected chi connectivity index (χ1v) is 5.93. The van der Waals surface area contributed by atoms with Gasteiger partial charge >= 0.3 is 0 Å². The van der Waals surface area contributed by atoms with Crippen LogP contribution in [0, 0.1) is 6.92 Å². The lowest BCUT2D eigenvalue weighted by Gasteiger charge is -2.02. The summed E-state index contributed by atoms with van der Waals surface area (Å²) >= 11 is 1.54. The van der Waals surface area contributed by atoms with Gasteiger partial charge < -0.3 is 5.73 Å². The molecule has 3 aromatic heterocycles. The average Bonchev–Trinajstić information content (AvgIpc) is 2.77. The number of thiophene rings is 1. The minimum atomic E-state index is 0.488. The molecule has 2 N–H and O–H groups in total. The molecule has 3 aromatic rings. The first-order chi connectivity index (χ1) is 8.24. The van der Waals surface area contributed by atoms with Gasteiger partial charge in [0.05, 0.1) is 5.39 Å². The van der Waals surface area contributed by atoms with Gasteiger partial charge in [-0.3, -0.25) is 0 Å². The average molecular weight is 243 g/mol. The number of nitrogens with zero attached hydrogens (tertiary/aromatic N) is 4. The second-order valence-electron chi connectivity index (χ2n) is 3.56. The molecule has 6 heteroatoms. The minimum absolute atomic E-state index is 0.488. The van der Waals surface area contributed by atoms with E-state index in [9.17, 15) is 0 Å². The number of hydrogen-bond acceptors (Lipinski definition) is 6. The number of anilines is 1. The van der Waals surface area contributed by atoms with Gasteiger partial charge in [0, 0.05) is 6.20 Å². The Labute approximate surface area is 101 Å². The molecule has 17 heavy (non-hydrogen) atoms. The van der Waals surface area contributed by atoms with E-state index in [1.54, 1.807) is 12.3 Å². The fourth-order valence-electron chi connectivity index (χ4n) is 1.57. The van der Waals surface area contributed by atoms with Crippen LogP contribution in [0.4, 0.5) is 5.82 Å². The lowest BCUT2D eigenvalue weighted by molar-refractivity contribution is 1.04. The topological polar surface area (TPSA) is 77.6 Å². The quantitative estimate of drug-likeness (QED) is 0.707. The molecule has 0 amide bonds. The third-order valence-corrected chi connectivity index (χ3v) is 3.17. The zero-order chi connectivity index (χ0) is 11.8. The molecule has 0 aliphatic carbocycles. The number of aryl methyl sites for hydroxylation is 1. The standard InChI is InChI=1S/C11H9N5S/c1-6-13-4-2-8(14-6)10-15-9(12)7-3-5-17-11(7)16-10/h2-5H,1H3,(H2,12,15,16). The minimum Gasteiger partial charge on any atom is -0.383 e. The van der Waals surface area contributed by atoms with E-state index in [1.807, 2.05) is 18.4 Å². The van der Waals surface area contributed by atoms with E-state index in [1.165, 1.54) is 11.3 Å². The summed E-state index contributed by atoms with van der Waals surface area (Å²) in [5.41, 5.74) is 6.58. The van der Waals surface area contributed by atoms with Crippen molar-refractivity contribution in [1.29, 1.82) is 0 Å². The molecule has 0 saturated carbocycles. The van der Waals surface area contributed by atoms with Crippen LogP contribution in [0.15, 0.2) is 23.7 Å². The zero-order valence-corrected chi connectivity index (χ0v) is 9.90. The molecule has 0 aliphatic rings. The van der Waals surface area contributed by atoms with Crippen molar-refractivity contribution >= 4 is 27.4 Å². The van der Waals surface area contributed by atoms with Crippen LogP contribution >= 0.6 is 11.3 Å². The van der Waals surface area contributed by atoms with E-state index in [0.717, 1.165) is 10.2 Å². The van der Waals surface area contributed by atoms with Crippen molar-refractivity contribution in [2.24, 2.45) is 0 Å². The summed E-state index contributed by atoms with van der Waals surface area (Å²) in [7, 11) is 0. The van der Waals surface area contributed by atoms with Crippen molar-refractivity contribution in [3.05, 3.63) is 29.5 Å². The number of nitrogen functional groups attached to an aromatic ring is 1. The van der Waals surface area contributed by atoms with Crippen molar-refractivity contribution in [2.45, 2.75) is 6.92 Å². The molecule has 3 rings (SSSR count). The van der Waals surface area contributed by atoms with E-state index in [0.29, 0.717) is 23.2 Å². The van der Waals surface area contributed by atoms with E-state index < -0.39 is 0 Å². The van der Waals surface area contributed by atoms with Crippen molar-refractivity contribution in [3.8, 4) is 11.5 Å². The second kappa shape index (κ2) is 3.74. The zero-order valence-electron chi connectivity index (χ0n) is 9.08. The van der Waals surface area contributed by atoms with Crippen molar-refractivity contribution in [1.82, 2.24) is 19.9 Å². The maximum Gasteiger partial charge on any atom is 0.181 e. The van der Waals surface area contributed by atoms with Gasteiger partial charge in [0.25, 0.3) is 0 Å². The predicted octanol–water partition coefficient (Wildman–Crippen LogP) is 2.04. The van der Waals surface area contributed by atoms with Gasteiger partial charge in [0.15, 0.2) is 5.82 Å². The predicted molar refractivity (Wildman–Crippen MR) is 67.6 cm³/mol. The first-order valence-electron chi connectivity index (χ1n) is 5.05. The number of rotatable bonds is 1. The maximum atomic E-state index is 5.89. The Kier molecular flexibility index (Phi) is 2.22. The first kappa shape index (κ1) is 10.1. The van der Waals surface area contributed by atoms with Crippen LogP contribution in [-0.4, -0.2) is 19.9 Å². The van der Waals surface area contributed by atoms with Gasteiger partial charge in [0.2, 0.25) is 0 Å². The molecule has 0 fully saturated rings. The van der Waals surface area contributed by atoms with Gasteiger partial charge in [-0.05, 0) is 24.4 Å². The molecule has 84 valence electrons. The van der Waals surface area contributed by atoms with Crippen LogP contribution < -0.4 is 5.73 Å². The summed E-state index contributed by atoms with van der Waals surface area (Å²) in [5.74, 6) is 1.72. The second-order valence-corrected chi connectivity index (χ2v) is 4.46. The van der Waals surface area contributed by atoms with Crippen LogP contribution in [-0.2, 0) is 0 Å². The molecular formula is C11H9N5S. The molecule has 5 nitrogen and oxygen atoms in total. The summed E-state index contributed by atoms with van der Waals surface area (Å²) < 4.78 is 0. The fourth-order valence-corrected chi connectivity index (χ4v) is 2.35. The number of nitrogens with two attached hydrogens (primary N) is 1. The van der Waals surface area contributed by atoms with Crippen LogP contribution in [0.25, 0.3) is 21.7 Å². The van der Waals surface area contributed by atoms with E-state index in [2.05, 4.69) is 19.9 Å². The fraction of sp³-hybridized carbons (Fsp3) is 0.0909. The third-order valence-electron chi connectivity index (χ3n) is 2.36. The lowest BCUT2D eigenvalue weighted by atomic mass is 10.3. The molecule has 3 heterocycles. The van der Waals surface area contributed by atoms with Crippen LogP contribution in [0.2, 0.25) is 0 Å². The van der Waals surface area contributed by atoms with Crippen molar-refractivity contribution in [2.75, 3.05) is 5.73 Å². The molecule has 0 radical (unpaired) electrons. The highest BCUT2D eigenvalue weighted by Crippen LogP contribution is 2.25. The van der Waals surface area contributed by atoms with Crippen molar-refractivity contribution < 1.29 is 0 Å². The molecule has 0 spiro atoms.